The Kier molecular flexibility index (Phi) is 6.33. The van der Waals surface area contributed by atoms with Crippen molar-refractivity contribution in [2.75, 3.05) is 6.61 Å². The molecule has 2 aliphatic rings. The maximum atomic E-state index is 13.0. The standard InChI is InChI=1S/C19H23F3N2O5/c1-11-10-28-16-8-13(17(25)23-27)2-3-14(16)9-24(11)18(26)12-4-6-15(7-5-12)29-19(20,21)22/h2-3,8,11-12,15,27H,4-7,9-10H2,1H3,(H,23,25). The van der Waals surface area contributed by atoms with Crippen molar-refractivity contribution in [3.63, 3.8) is 0 Å². The van der Waals surface area contributed by atoms with Crippen molar-refractivity contribution in [2.24, 2.45) is 5.92 Å². The summed E-state index contributed by atoms with van der Waals surface area (Å²) in [4.78, 5) is 26.3. The monoisotopic (exact) mass is 416 g/mol. The molecule has 0 aromatic heterocycles. The lowest BCUT2D eigenvalue weighted by molar-refractivity contribution is -0.345. The zero-order valence-electron chi connectivity index (χ0n) is 15.9. The van der Waals surface area contributed by atoms with Crippen LogP contribution >= 0.6 is 0 Å². The molecule has 1 fully saturated rings. The number of halogens is 3. The van der Waals surface area contributed by atoms with Gasteiger partial charge >= 0.3 is 6.36 Å². The van der Waals surface area contributed by atoms with Crippen molar-refractivity contribution in [3.8, 4) is 5.75 Å². The van der Waals surface area contributed by atoms with Crippen LogP contribution in [-0.2, 0) is 16.1 Å². The van der Waals surface area contributed by atoms with E-state index in [1.54, 1.807) is 16.4 Å². The number of hydroxylamine groups is 1. The fourth-order valence-electron chi connectivity index (χ4n) is 3.81. The molecule has 7 nitrogen and oxygen atoms in total. The molecule has 1 aliphatic carbocycles. The van der Waals surface area contributed by atoms with Crippen LogP contribution in [0.4, 0.5) is 13.2 Å². The number of ether oxygens (including phenoxy) is 2. The number of alkyl halides is 3. The van der Waals surface area contributed by atoms with E-state index in [4.69, 9.17) is 9.94 Å². The lowest BCUT2D eigenvalue weighted by Gasteiger charge is -2.34. The summed E-state index contributed by atoms with van der Waals surface area (Å²) in [6, 6.07) is 4.44. The van der Waals surface area contributed by atoms with Crippen LogP contribution in [0.2, 0.25) is 0 Å². The number of benzene rings is 1. The van der Waals surface area contributed by atoms with Gasteiger partial charge in [-0.2, -0.15) is 0 Å². The molecule has 1 heterocycles. The zero-order chi connectivity index (χ0) is 21.2. The predicted molar refractivity (Wildman–Crippen MR) is 94.1 cm³/mol. The number of hydrogen-bond donors (Lipinski definition) is 2. The van der Waals surface area contributed by atoms with E-state index < -0.39 is 18.4 Å². The van der Waals surface area contributed by atoms with E-state index >= 15 is 0 Å². The lowest BCUT2D eigenvalue weighted by Crippen LogP contribution is -2.44. The highest BCUT2D eigenvalue weighted by atomic mass is 19.4. The van der Waals surface area contributed by atoms with E-state index in [1.807, 2.05) is 6.92 Å². The van der Waals surface area contributed by atoms with Gasteiger partial charge < -0.3 is 9.64 Å². The van der Waals surface area contributed by atoms with Crippen LogP contribution in [0.3, 0.4) is 0 Å². The Bertz CT molecular complexity index is 763. The van der Waals surface area contributed by atoms with Gasteiger partial charge in [-0.05, 0) is 44.7 Å². The van der Waals surface area contributed by atoms with Crippen LogP contribution < -0.4 is 10.2 Å². The van der Waals surface area contributed by atoms with Gasteiger partial charge in [0.25, 0.3) is 5.91 Å². The summed E-state index contributed by atoms with van der Waals surface area (Å²) in [6.07, 6.45) is -4.51. The first-order valence-electron chi connectivity index (χ1n) is 9.43. The Morgan fingerprint density at radius 1 is 1.24 bits per heavy atom. The molecule has 10 heteroatoms. The molecule has 3 rings (SSSR count). The molecule has 2 amide bonds. The average molecular weight is 416 g/mol. The number of fused-ring (bicyclic) bond motifs is 1. The third-order valence-electron chi connectivity index (χ3n) is 5.39. The van der Waals surface area contributed by atoms with E-state index in [1.165, 1.54) is 12.1 Å². The van der Waals surface area contributed by atoms with Crippen molar-refractivity contribution in [3.05, 3.63) is 29.3 Å². The minimum Gasteiger partial charge on any atom is -0.491 e. The van der Waals surface area contributed by atoms with Gasteiger partial charge in [-0.15, -0.1) is 13.2 Å². The van der Waals surface area contributed by atoms with Crippen molar-refractivity contribution >= 4 is 11.8 Å². The maximum Gasteiger partial charge on any atom is 0.522 e. The van der Waals surface area contributed by atoms with Crippen LogP contribution in [0.25, 0.3) is 0 Å². The Morgan fingerprint density at radius 3 is 2.55 bits per heavy atom. The molecule has 0 radical (unpaired) electrons. The molecule has 1 aromatic rings. The largest absolute Gasteiger partial charge is 0.522 e. The summed E-state index contributed by atoms with van der Waals surface area (Å²) in [5.74, 6) is -0.682. The second kappa shape index (κ2) is 8.58. The average Bonchev–Trinajstić information content (AvgIpc) is 2.84. The number of hydrogen-bond acceptors (Lipinski definition) is 5. The van der Waals surface area contributed by atoms with Crippen LogP contribution in [-0.4, -0.2) is 47.0 Å². The molecule has 1 atom stereocenters. The lowest BCUT2D eigenvalue weighted by atomic mass is 9.86. The Morgan fingerprint density at radius 2 is 1.93 bits per heavy atom. The summed E-state index contributed by atoms with van der Waals surface area (Å²) < 4.78 is 46.9. The van der Waals surface area contributed by atoms with E-state index in [2.05, 4.69) is 4.74 Å². The first kappa shape index (κ1) is 21.4. The first-order valence-corrected chi connectivity index (χ1v) is 9.43. The molecule has 1 aromatic carbocycles. The summed E-state index contributed by atoms with van der Waals surface area (Å²) >= 11 is 0. The number of carbonyl (C=O) groups excluding carboxylic acids is 2. The molecular formula is C19H23F3N2O5. The molecule has 0 saturated heterocycles. The Labute approximate surface area is 165 Å². The third kappa shape index (κ3) is 5.18. The fourth-order valence-corrected chi connectivity index (χ4v) is 3.81. The molecule has 1 aliphatic heterocycles. The number of amides is 2. The molecule has 0 spiro atoms. The maximum absolute atomic E-state index is 13.0. The summed E-state index contributed by atoms with van der Waals surface area (Å²) in [5, 5.41) is 8.77. The van der Waals surface area contributed by atoms with Crippen molar-refractivity contribution in [1.29, 1.82) is 0 Å². The number of nitrogens with one attached hydrogen (secondary N) is 1. The third-order valence-corrected chi connectivity index (χ3v) is 5.39. The van der Waals surface area contributed by atoms with Gasteiger partial charge in [-0.3, -0.25) is 19.5 Å². The fraction of sp³-hybridized carbons (Fsp3) is 0.579. The normalized spacial score (nSPS) is 24.9. The smallest absolute Gasteiger partial charge is 0.491 e. The summed E-state index contributed by atoms with van der Waals surface area (Å²) in [5.41, 5.74) is 2.50. The van der Waals surface area contributed by atoms with Gasteiger partial charge in [0.1, 0.15) is 12.4 Å². The van der Waals surface area contributed by atoms with Crippen molar-refractivity contribution in [2.45, 2.75) is 57.7 Å². The summed E-state index contributed by atoms with van der Waals surface area (Å²) in [6.45, 7) is 2.33. The highest BCUT2D eigenvalue weighted by Gasteiger charge is 2.38. The van der Waals surface area contributed by atoms with Crippen LogP contribution in [0.5, 0.6) is 5.75 Å². The van der Waals surface area contributed by atoms with Gasteiger partial charge in [-0.25, -0.2) is 5.48 Å². The second-order valence-electron chi connectivity index (χ2n) is 7.43. The minimum atomic E-state index is -4.66. The molecule has 0 bridgehead atoms. The van der Waals surface area contributed by atoms with E-state index in [-0.39, 0.29) is 49.4 Å². The van der Waals surface area contributed by atoms with E-state index in [0.29, 0.717) is 24.2 Å². The SMILES string of the molecule is CC1COc2cc(C(=O)NO)ccc2CN1C(=O)C1CCC(OC(F)(F)F)CC1. The van der Waals surface area contributed by atoms with Gasteiger partial charge in [0.05, 0.1) is 12.1 Å². The number of carbonyl (C=O) groups is 2. The highest BCUT2D eigenvalue weighted by Crippen LogP contribution is 2.34. The molecule has 160 valence electrons. The second-order valence-corrected chi connectivity index (χ2v) is 7.43. The molecular weight excluding hydrogens is 393 g/mol. The molecule has 2 N–H and O–H groups in total. The number of rotatable bonds is 3. The Balaban J connectivity index is 1.67. The zero-order valence-corrected chi connectivity index (χ0v) is 15.9. The van der Waals surface area contributed by atoms with E-state index in [9.17, 15) is 22.8 Å². The highest BCUT2D eigenvalue weighted by molar-refractivity contribution is 5.93. The molecule has 29 heavy (non-hydrogen) atoms. The molecule has 1 unspecified atom stereocenters. The van der Waals surface area contributed by atoms with E-state index in [0.717, 1.165) is 0 Å². The van der Waals surface area contributed by atoms with Gasteiger partial charge in [0.2, 0.25) is 5.91 Å². The van der Waals surface area contributed by atoms with Crippen LogP contribution in [0.1, 0.15) is 48.5 Å². The molecule has 1 saturated carbocycles. The summed E-state index contributed by atoms with van der Waals surface area (Å²) in [7, 11) is 0. The van der Waals surface area contributed by atoms with Gasteiger partial charge in [0.15, 0.2) is 0 Å². The predicted octanol–water partition coefficient (Wildman–Crippen LogP) is 3.01. The Hall–Kier alpha value is -2.33. The van der Waals surface area contributed by atoms with Gasteiger partial charge in [-0.1, -0.05) is 6.07 Å². The topological polar surface area (TPSA) is 88.1 Å². The van der Waals surface area contributed by atoms with Crippen molar-refractivity contribution < 1.29 is 37.4 Å². The number of nitrogens with zero attached hydrogens (tertiary/aromatic N) is 1. The van der Waals surface area contributed by atoms with Crippen molar-refractivity contribution in [1.82, 2.24) is 10.4 Å². The first-order chi connectivity index (χ1) is 13.7. The van der Waals surface area contributed by atoms with Crippen LogP contribution in [0.15, 0.2) is 18.2 Å². The quantitative estimate of drug-likeness (QED) is 0.584. The minimum absolute atomic E-state index is 0.114. The van der Waals surface area contributed by atoms with Crippen LogP contribution in [0, 0.1) is 5.92 Å². The van der Waals surface area contributed by atoms with Gasteiger partial charge in [0, 0.05) is 23.6 Å².